The molecular formula is C6H7F3OS. The molecule has 0 unspecified atom stereocenters. The molecule has 0 aliphatic carbocycles. The Morgan fingerprint density at radius 3 is 2.45 bits per heavy atom. The van der Waals surface area contributed by atoms with E-state index in [1.54, 1.807) is 0 Å². The SMILES string of the molecule is CC1=C(C(F)(F)F)OCCS1. The van der Waals surface area contributed by atoms with Crippen LogP contribution < -0.4 is 0 Å². The summed E-state index contributed by atoms with van der Waals surface area (Å²) in [5.74, 6) is -0.223. The predicted octanol–water partition coefficient (Wildman–Crippen LogP) is 2.54. The van der Waals surface area contributed by atoms with Crippen molar-refractivity contribution in [3.63, 3.8) is 0 Å². The lowest BCUT2D eigenvalue weighted by Crippen LogP contribution is -2.20. The van der Waals surface area contributed by atoms with Gasteiger partial charge >= 0.3 is 6.18 Å². The molecule has 1 aliphatic heterocycles. The van der Waals surface area contributed by atoms with Crippen LogP contribution in [0.25, 0.3) is 0 Å². The number of ether oxygens (including phenoxy) is 1. The monoisotopic (exact) mass is 184 g/mol. The van der Waals surface area contributed by atoms with Gasteiger partial charge in [0, 0.05) is 10.7 Å². The maximum absolute atomic E-state index is 12.0. The summed E-state index contributed by atoms with van der Waals surface area (Å²) >= 11 is 1.19. The smallest absolute Gasteiger partial charge is 0.449 e. The van der Waals surface area contributed by atoms with E-state index in [4.69, 9.17) is 0 Å². The van der Waals surface area contributed by atoms with E-state index < -0.39 is 11.9 Å². The lowest BCUT2D eigenvalue weighted by molar-refractivity contribution is -0.130. The molecule has 0 aromatic rings. The average molecular weight is 184 g/mol. The van der Waals surface area contributed by atoms with E-state index >= 15 is 0 Å². The van der Waals surface area contributed by atoms with Crippen LogP contribution in [-0.4, -0.2) is 18.5 Å². The Bertz CT molecular complexity index is 185. The molecule has 0 bridgehead atoms. The van der Waals surface area contributed by atoms with Gasteiger partial charge in [-0.3, -0.25) is 0 Å². The Morgan fingerprint density at radius 1 is 1.45 bits per heavy atom. The van der Waals surface area contributed by atoms with Gasteiger partial charge in [0.15, 0.2) is 0 Å². The fourth-order valence-corrected chi connectivity index (χ4v) is 1.57. The quantitative estimate of drug-likeness (QED) is 0.572. The van der Waals surface area contributed by atoms with Crippen molar-refractivity contribution in [3.8, 4) is 0 Å². The van der Waals surface area contributed by atoms with E-state index in [0.29, 0.717) is 5.75 Å². The van der Waals surface area contributed by atoms with Crippen molar-refractivity contribution in [1.82, 2.24) is 0 Å². The summed E-state index contributed by atoms with van der Waals surface area (Å²) in [6.45, 7) is 1.57. The first-order valence-corrected chi connectivity index (χ1v) is 4.04. The average Bonchev–Trinajstić information content (AvgIpc) is 1.86. The zero-order chi connectivity index (χ0) is 8.48. The molecule has 0 aromatic carbocycles. The number of rotatable bonds is 0. The topological polar surface area (TPSA) is 9.23 Å². The summed E-state index contributed by atoms with van der Waals surface area (Å²) in [6.07, 6.45) is -4.32. The molecule has 0 N–H and O–H groups in total. The molecule has 0 radical (unpaired) electrons. The molecule has 1 rings (SSSR count). The first-order valence-electron chi connectivity index (χ1n) is 3.05. The Kier molecular flexibility index (Phi) is 2.37. The molecule has 0 saturated carbocycles. The molecule has 0 atom stereocenters. The van der Waals surface area contributed by atoms with E-state index in [1.165, 1.54) is 18.7 Å². The van der Waals surface area contributed by atoms with Gasteiger partial charge in [0.1, 0.15) is 0 Å². The summed E-state index contributed by atoms with van der Waals surface area (Å²) in [5.41, 5.74) is 0. The van der Waals surface area contributed by atoms with Crippen molar-refractivity contribution >= 4 is 11.8 Å². The van der Waals surface area contributed by atoms with Crippen molar-refractivity contribution in [1.29, 1.82) is 0 Å². The van der Waals surface area contributed by atoms with Crippen LogP contribution in [0.2, 0.25) is 0 Å². The minimum atomic E-state index is -4.32. The lowest BCUT2D eigenvalue weighted by atomic mass is 10.4. The molecule has 1 nitrogen and oxygen atoms in total. The van der Waals surface area contributed by atoms with Gasteiger partial charge in [0.05, 0.1) is 6.61 Å². The summed E-state index contributed by atoms with van der Waals surface area (Å²) in [4.78, 5) is 0.226. The second-order valence-electron chi connectivity index (χ2n) is 2.08. The first-order chi connectivity index (χ1) is 5.02. The highest BCUT2D eigenvalue weighted by atomic mass is 32.2. The van der Waals surface area contributed by atoms with Crippen molar-refractivity contribution in [3.05, 3.63) is 10.7 Å². The summed E-state index contributed by atoms with van der Waals surface area (Å²) in [7, 11) is 0. The molecule has 0 spiro atoms. The summed E-state index contributed by atoms with van der Waals surface area (Å²) < 4.78 is 40.5. The predicted molar refractivity (Wildman–Crippen MR) is 37.2 cm³/mol. The van der Waals surface area contributed by atoms with Crippen LogP contribution in [0, 0.1) is 0 Å². The fraction of sp³-hybridized carbons (Fsp3) is 0.667. The number of halogens is 3. The van der Waals surface area contributed by atoms with Crippen LogP contribution in [0.3, 0.4) is 0 Å². The van der Waals surface area contributed by atoms with E-state index in [1.807, 2.05) is 0 Å². The normalized spacial score (nSPS) is 20.0. The van der Waals surface area contributed by atoms with Crippen molar-refractivity contribution < 1.29 is 17.9 Å². The zero-order valence-corrected chi connectivity index (χ0v) is 6.68. The fourth-order valence-electron chi connectivity index (χ4n) is 0.787. The van der Waals surface area contributed by atoms with Gasteiger partial charge in [-0.1, -0.05) is 0 Å². The number of thioether (sulfide) groups is 1. The maximum atomic E-state index is 12.0. The Hall–Kier alpha value is -0.320. The molecule has 1 aliphatic rings. The van der Waals surface area contributed by atoms with E-state index in [-0.39, 0.29) is 11.5 Å². The molecule has 64 valence electrons. The van der Waals surface area contributed by atoms with Crippen molar-refractivity contribution in [2.75, 3.05) is 12.4 Å². The van der Waals surface area contributed by atoms with Crippen molar-refractivity contribution in [2.24, 2.45) is 0 Å². The van der Waals surface area contributed by atoms with Crippen molar-refractivity contribution in [2.45, 2.75) is 13.1 Å². The van der Waals surface area contributed by atoms with Crippen LogP contribution in [-0.2, 0) is 4.74 Å². The summed E-state index contributed by atoms with van der Waals surface area (Å²) in [6, 6.07) is 0. The van der Waals surface area contributed by atoms with Crippen LogP contribution in [0.1, 0.15) is 6.92 Å². The molecule has 5 heteroatoms. The highest BCUT2D eigenvalue weighted by molar-refractivity contribution is 8.03. The number of allylic oxidation sites excluding steroid dienone is 2. The van der Waals surface area contributed by atoms with E-state index in [9.17, 15) is 13.2 Å². The van der Waals surface area contributed by atoms with Gasteiger partial charge in [0.2, 0.25) is 5.76 Å². The third-order valence-corrected chi connectivity index (χ3v) is 2.21. The Balaban J connectivity index is 2.83. The number of hydrogen-bond donors (Lipinski definition) is 0. The first kappa shape index (κ1) is 8.77. The molecular weight excluding hydrogens is 177 g/mol. The highest BCUT2D eigenvalue weighted by Gasteiger charge is 2.38. The van der Waals surface area contributed by atoms with Crippen LogP contribution in [0.15, 0.2) is 10.7 Å². The summed E-state index contributed by atoms with van der Waals surface area (Å²) in [5, 5.41) is 0. The Morgan fingerprint density at radius 2 is 2.09 bits per heavy atom. The van der Waals surface area contributed by atoms with Crippen LogP contribution in [0.4, 0.5) is 13.2 Å². The highest BCUT2D eigenvalue weighted by Crippen LogP contribution is 2.35. The van der Waals surface area contributed by atoms with Crippen LogP contribution >= 0.6 is 11.8 Å². The van der Waals surface area contributed by atoms with Gasteiger partial charge in [-0.05, 0) is 6.92 Å². The molecule has 0 amide bonds. The second kappa shape index (κ2) is 2.97. The third kappa shape index (κ3) is 2.05. The molecule has 11 heavy (non-hydrogen) atoms. The number of alkyl halides is 3. The Labute approximate surface area is 66.6 Å². The standard InChI is InChI=1S/C6H7F3OS/c1-4-5(6(7,8)9)10-2-3-11-4/h2-3H2,1H3. The van der Waals surface area contributed by atoms with Gasteiger partial charge in [0.25, 0.3) is 0 Å². The minimum Gasteiger partial charge on any atom is -0.487 e. The van der Waals surface area contributed by atoms with Crippen LogP contribution in [0.5, 0.6) is 0 Å². The maximum Gasteiger partial charge on any atom is 0.449 e. The third-order valence-electron chi connectivity index (χ3n) is 1.23. The number of hydrogen-bond acceptors (Lipinski definition) is 2. The van der Waals surface area contributed by atoms with Gasteiger partial charge in [-0.25, -0.2) is 0 Å². The van der Waals surface area contributed by atoms with E-state index in [0.717, 1.165) is 0 Å². The zero-order valence-electron chi connectivity index (χ0n) is 5.86. The molecule has 1 heterocycles. The lowest BCUT2D eigenvalue weighted by Gasteiger charge is -2.20. The molecule has 0 fully saturated rings. The van der Waals surface area contributed by atoms with Gasteiger partial charge in [-0.2, -0.15) is 13.2 Å². The van der Waals surface area contributed by atoms with Gasteiger partial charge in [-0.15, -0.1) is 11.8 Å². The van der Waals surface area contributed by atoms with E-state index in [2.05, 4.69) is 4.74 Å². The largest absolute Gasteiger partial charge is 0.487 e. The minimum absolute atomic E-state index is 0.150. The van der Waals surface area contributed by atoms with Gasteiger partial charge < -0.3 is 4.74 Å². The second-order valence-corrected chi connectivity index (χ2v) is 3.39. The molecule has 0 saturated heterocycles. The molecule has 0 aromatic heterocycles.